The first-order valence-electron chi connectivity index (χ1n) is 12.9. The van der Waals surface area contributed by atoms with Crippen LogP contribution in [0.15, 0.2) is 54.6 Å². The van der Waals surface area contributed by atoms with Crippen LogP contribution in [-0.4, -0.2) is 52.1 Å². The van der Waals surface area contributed by atoms with E-state index < -0.39 is 0 Å². The monoisotopic (exact) mass is 457 g/mol. The van der Waals surface area contributed by atoms with Crippen molar-refractivity contribution in [3.63, 3.8) is 0 Å². The maximum atomic E-state index is 12.7. The van der Waals surface area contributed by atoms with Gasteiger partial charge >= 0.3 is 0 Å². The molecule has 2 bridgehead atoms. The Balaban J connectivity index is 1.15. The molecule has 0 spiro atoms. The zero-order chi connectivity index (χ0) is 23.1. The van der Waals surface area contributed by atoms with Crippen molar-refractivity contribution in [1.29, 1.82) is 0 Å². The lowest BCUT2D eigenvalue weighted by Crippen LogP contribution is -2.51. The van der Waals surface area contributed by atoms with Crippen LogP contribution >= 0.6 is 0 Å². The van der Waals surface area contributed by atoms with Crippen LogP contribution in [0.2, 0.25) is 0 Å². The van der Waals surface area contributed by atoms with Crippen LogP contribution in [0.25, 0.3) is 11.0 Å². The summed E-state index contributed by atoms with van der Waals surface area (Å²) in [7, 11) is 0. The Morgan fingerprint density at radius 1 is 1.03 bits per heavy atom. The molecule has 2 aromatic carbocycles. The molecule has 6 rings (SSSR count). The van der Waals surface area contributed by atoms with E-state index >= 15 is 0 Å². The Kier molecular flexibility index (Phi) is 5.87. The van der Waals surface area contributed by atoms with E-state index in [2.05, 4.69) is 75.6 Å². The van der Waals surface area contributed by atoms with E-state index in [1.807, 2.05) is 6.07 Å². The standard InChI is InChI=1S/C28H35N5O/c1-19-30-26-9-5-6-10-27(26)33(19)24-15-22-11-12-23(16-24)32(22)14-13-25(20-7-3-2-4-8-20)31-28(34)21-17-29-18-21/h2-10,21-25,29H,11-18H2,1H3,(H,31,34)/t22?,23?,24?,25-/m0/s1. The van der Waals surface area contributed by atoms with E-state index in [-0.39, 0.29) is 17.9 Å². The van der Waals surface area contributed by atoms with Gasteiger partial charge in [-0.25, -0.2) is 4.98 Å². The van der Waals surface area contributed by atoms with Gasteiger partial charge in [-0.3, -0.25) is 9.69 Å². The first-order chi connectivity index (χ1) is 16.7. The maximum absolute atomic E-state index is 12.7. The van der Waals surface area contributed by atoms with Gasteiger partial charge in [-0.1, -0.05) is 42.5 Å². The summed E-state index contributed by atoms with van der Waals surface area (Å²) in [6.07, 6.45) is 5.90. The van der Waals surface area contributed by atoms with Gasteiger partial charge in [0.25, 0.3) is 0 Å². The number of benzene rings is 2. The number of imidazole rings is 1. The fraction of sp³-hybridized carbons (Fsp3) is 0.500. The molecule has 6 heteroatoms. The zero-order valence-corrected chi connectivity index (χ0v) is 20.0. The molecular formula is C28H35N5O. The Bertz CT molecular complexity index is 1140. The number of para-hydroxylation sites is 2. The molecule has 0 radical (unpaired) electrons. The molecule has 3 aliphatic rings. The lowest BCUT2D eigenvalue weighted by Gasteiger charge is -2.40. The summed E-state index contributed by atoms with van der Waals surface area (Å²) in [4.78, 5) is 20.3. The highest BCUT2D eigenvalue weighted by molar-refractivity contribution is 5.80. The second-order valence-electron chi connectivity index (χ2n) is 10.4. The summed E-state index contributed by atoms with van der Waals surface area (Å²) in [5, 5.41) is 6.58. The second-order valence-corrected chi connectivity index (χ2v) is 10.4. The molecule has 1 amide bonds. The van der Waals surface area contributed by atoms with Crippen LogP contribution in [0.1, 0.15) is 55.6 Å². The quantitative estimate of drug-likeness (QED) is 0.563. The van der Waals surface area contributed by atoms with Crippen molar-refractivity contribution in [3.05, 3.63) is 66.0 Å². The van der Waals surface area contributed by atoms with E-state index in [9.17, 15) is 4.79 Å². The molecule has 178 valence electrons. The third-order valence-corrected chi connectivity index (χ3v) is 8.34. The topological polar surface area (TPSA) is 62.2 Å². The number of amides is 1. The third-order valence-electron chi connectivity index (χ3n) is 8.34. The molecule has 3 aromatic rings. The minimum absolute atomic E-state index is 0.0752. The highest BCUT2D eigenvalue weighted by Crippen LogP contribution is 2.42. The molecule has 0 saturated carbocycles. The van der Waals surface area contributed by atoms with Crippen molar-refractivity contribution in [3.8, 4) is 0 Å². The van der Waals surface area contributed by atoms with Gasteiger partial charge in [-0.05, 0) is 56.7 Å². The van der Waals surface area contributed by atoms with Crippen molar-refractivity contribution in [2.24, 2.45) is 5.92 Å². The van der Waals surface area contributed by atoms with Gasteiger partial charge in [-0.2, -0.15) is 0 Å². The number of rotatable bonds is 7. The molecule has 6 nitrogen and oxygen atoms in total. The van der Waals surface area contributed by atoms with Crippen LogP contribution < -0.4 is 10.6 Å². The smallest absolute Gasteiger partial charge is 0.226 e. The lowest BCUT2D eigenvalue weighted by molar-refractivity contribution is -0.127. The largest absolute Gasteiger partial charge is 0.349 e. The minimum Gasteiger partial charge on any atom is -0.349 e. The molecular weight excluding hydrogens is 422 g/mol. The molecule has 34 heavy (non-hydrogen) atoms. The van der Waals surface area contributed by atoms with Gasteiger partial charge in [0.2, 0.25) is 5.91 Å². The SMILES string of the molecule is Cc1nc2ccccc2n1C1CC2CCC(C1)N2CC[C@H](NC(=O)C1CNC1)c1ccccc1. The van der Waals surface area contributed by atoms with Crippen molar-refractivity contribution in [2.75, 3.05) is 19.6 Å². The minimum atomic E-state index is 0.0752. The molecule has 3 aliphatic heterocycles. The van der Waals surface area contributed by atoms with E-state index in [0.29, 0.717) is 18.1 Å². The normalized spacial score (nSPS) is 25.9. The first kappa shape index (κ1) is 21.8. The number of aryl methyl sites for hydroxylation is 1. The molecule has 2 unspecified atom stereocenters. The third kappa shape index (κ3) is 4.03. The molecule has 2 N–H and O–H groups in total. The Labute approximate surface area is 201 Å². The van der Waals surface area contributed by atoms with Crippen molar-refractivity contribution in [2.45, 2.75) is 63.2 Å². The number of aromatic nitrogens is 2. The van der Waals surface area contributed by atoms with Gasteiger partial charge < -0.3 is 15.2 Å². The van der Waals surface area contributed by atoms with Gasteiger partial charge in [0.15, 0.2) is 0 Å². The fourth-order valence-electron chi connectivity index (χ4n) is 6.50. The van der Waals surface area contributed by atoms with Gasteiger partial charge in [-0.15, -0.1) is 0 Å². The lowest BCUT2D eigenvalue weighted by atomic mass is 9.95. The van der Waals surface area contributed by atoms with Crippen LogP contribution in [-0.2, 0) is 4.79 Å². The average Bonchev–Trinajstić information content (AvgIpc) is 3.26. The van der Waals surface area contributed by atoms with Crippen LogP contribution in [0.3, 0.4) is 0 Å². The number of carbonyl (C=O) groups is 1. The van der Waals surface area contributed by atoms with Gasteiger partial charge in [0.1, 0.15) is 5.82 Å². The van der Waals surface area contributed by atoms with E-state index in [1.165, 1.54) is 36.8 Å². The fourth-order valence-corrected chi connectivity index (χ4v) is 6.50. The van der Waals surface area contributed by atoms with Crippen LogP contribution in [0.4, 0.5) is 0 Å². The van der Waals surface area contributed by atoms with E-state index in [4.69, 9.17) is 4.98 Å². The number of hydrogen-bond acceptors (Lipinski definition) is 4. The Morgan fingerprint density at radius 2 is 1.74 bits per heavy atom. The predicted molar refractivity (Wildman–Crippen MR) is 135 cm³/mol. The zero-order valence-electron chi connectivity index (χ0n) is 20.0. The summed E-state index contributed by atoms with van der Waals surface area (Å²) < 4.78 is 2.50. The van der Waals surface area contributed by atoms with Crippen molar-refractivity contribution in [1.82, 2.24) is 25.1 Å². The van der Waals surface area contributed by atoms with Crippen molar-refractivity contribution >= 4 is 16.9 Å². The summed E-state index contributed by atoms with van der Waals surface area (Å²) in [6, 6.07) is 20.9. The predicted octanol–water partition coefficient (Wildman–Crippen LogP) is 3.98. The summed E-state index contributed by atoms with van der Waals surface area (Å²) in [6.45, 7) is 4.79. The highest BCUT2D eigenvalue weighted by Gasteiger charge is 2.42. The number of nitrogens with one attached hydrogen (secondary N) is 2. The molecule has 3 atom stereocenters. The molecule has 3 saturated heterocycles. The molecule has 4 heterocycles. The summed E-state index contributed by atoms with van der Waals surface area (Å²) >= 11 is 0. The second kappa shape index (κ2) is 9.16. The number of carbonyl (C=O) groups excluding carboxylic acids is 1. The summed E-state index contributed by atoms with van der Waals surface area (Å²) in [5.41, 5.74) is 3.60. The molecule has 3 fully saturated rings. The Morgan fingerprint density at radius 3 is 2.44 bits per heavy atom. The molecule has 1 aromatic heterocycles. The van der Waals surface area contributed by atoms with E-state index in [0.717, 1.165) is 37.4 Å². The van der Waals surface area contributed by atoms with Gasteiger partial charge in [0.05, 0.1) is 23.0 Å². The number of hydrogen-bond donors (Lipinski definition) is 2. The average molecular weight is 458 g/mol. The van der Waals surface area contributed by atoms with Crippen LogP contribution in [0.5, 0.6) is 0 Å². The number of nitrogens with zero attached hydrogens (tertiary/aromatic N) is 3. The van der Waals surface area contributed by atoms with Crippen LogP contribution in [0, 0.1) is 12.8 Å². The van der Waals surface area contributed by atoms with E-state index in [1.54, 1.807) is 0 Å². The summed E-state index contributed by atoms with van der Waals surface area (Å²) in [5.74, 6) is 1.44. The first-order valence-corrected chi connectivity index (χ1v) is 12.9. The van der Waals surface area contributed by atoms with Gasteiger partial charge in [0, 0.05) is 37.8 Å². The van der Waals surface area contributed by atoms with Crippen molar-refractivity contribution < 1.29 is 4.79 Å². The Hall–Kier alpha value is -2.70. The number of piperidine rings is 1. The number of fused-ring (bicyclic) bond motifs is 3. The highest BCUT2D eigenvalue weighted by atomic mass is 16.2. The maximum Gasteiger partial charge on any atom is 0.226 e. The molecule has 0 aliphatic carbocycles.